The number of aliphatic hydroxyl groups excluding tert-OH is 1. The van der Waals surface area contributed by atoms with Crippen LogP contribution in [0.2, 0.25) is 0 Å². The second kappa shape index (κ2) is 65.7. The van der Waals surface area contributed by atoms with Crippen molar-refractivity contribution in [3.63, 3.8) is 0 Å². The number of aliphatic hydroxyl groups is 1. The second-order valence-electron chi connectivity index (χ2n) is 28.2. The minimum atomic E-state index is -4.96. The standard InChI is InChI=1S/C75H146O17P2/c1-8-10-11-12-13-14-15-16-17-21-24-27-35-42-49-56-72(77)85-62-70(91-74(79)58-51-44-36-28-25-22-19-18-20-23-26-32-39-46-53-66(3)4)64-89-93(81,82)87-60-69(76)61-88-94(83,84)90-65-71(63-86-73(78)57-50-43-38-31-33-40-47-54-67(5)6)92-75(80)59-52-45-37-30-29-34-41-48-55-68(7)9-2/h66-71,76H,8-65H2,1-7H3,(H,81,82)(H,83,84)/t68?,69-,70-,71-/m1/s1. The van der Waals surface area contributed by atoms with Crippen LogP contribution < -0.4 is 0 Å². The Balaban J connectivity index is 5.25. The molecule has 0 heterocycles. The number of phosphoric ester groups is 2. The van der Waals surface area contributed by atoms with Crippen molar-refractivity contribution >= 4 is 39.5 Å². The van der Waals surface area contributed by atoms with E-state index < -0.39 is 97.5 Å². The molecule has 0 saturated heterocycles. The summed E-state index contributed by atoms with van der Waals surface area (Å²) in [6.07, 6.45) is 51.3. The first-order chi connectivity index (χ1) is 45.3. The summed E-state index contributed by atoms with van der Waals surface area (Å²) in [5.41, 5.74) is 0. The van der Waals surface area contributed by atoms with Crippen molar-refractivity contribution in [2.45, 2.75) is 401 Å². The second-order valence-corrected chi connectivity index (χ2v) is 31.1. The summed E-state index contributed by atoms with van der Waals surface area (Å²) in [6.45, 7) is 11.9. The van der Waals surface area contributed by atoms with Crippen molar-refractivity contribution in [2.24, 2.45) is 17.8 Å². The Morgan fingerprint density at radius 3 is 0.809 bits per heavy atom. The number of hydrogen-bond acceptors (Lipinski definition) is 15. The number of phosphoric acid groups is 2. The van der Waals surface area contributed by atoms with E-state index in [-0.39, 0.29) is 25.7 Å². The van der Waals surface area contributed by atoms with Crippen LogP contribution in [0.4, 0.5) is 0 Å². The maximum absolute atomic E-state index is 13.1. The number of rotatable bonds is 73. The molecule has 0 rings (SSSR count). The van der Waals surface area contributed by atoms with Crippen molar-refractivity contribution in [3.05, 3.63) is 0 Å². The first-order valence-corrected chi connectivity index (χ1v) is 41.9. The van der Waals surface area contributed by atoms with Crippen molar-refractivity contribution in [3.8, 4) is 0 Å². The fourth-order valence-electron chi connectivity index (χ4n) is 11.4. The molecule has 0 radical (unpaired) electrons. The summed E-state index contributed by atoms with van der Waals surface area (Å²) in [5, 5.41) is 10.6. The summed E-state index contributed by atoms with van der Waals surface area (Å²) in [5.74, 6) is 0.149. The fraction of sp³-hybridized carbons (Fsp3) is 0.947. The molecule has 0 aliphatic rings. The zero-order valence-electron chi connectivity index (χ0n) is 61.4. The number of hydrogen-bond donors (Lipinski definition) is 3. The molecule has 6 atom stereocenters. The first-order valence-electron chi connectivity index (χ1n) is 38.9. The van der Waals surface area contributed by atoms with Crippen molar-refractivity contribution < 1.29 is 80.2 Å². The summed E-state index contributed by atoms with van der Waals surface area (Å²) in [7, 11) is -9.91. The highest BCUT2D eigenvalue weighted by molar-refractivity contribution is 7.47. The monoisotopic (exact) mass is 1380 g/mol. The van der Waals surface area contributed by atoms with Gasteiger partial charge in [0.1, 0.15) is 19.3 Å². The Labute approximate surface area is 575 Å². The molecule has 0 aliphatic heterocycles. The molecule has 3 unspecified atom stereocenters. The highest BCUT2D eigenvalue weighted by Gasteiger charge is 2.30. The van der Waals surface area contributed by atoms with Crippen LogP contribution in [0.5, 0.6) is 0 Å². The normalized spacial score (nSPS) is 14.4. The van der Waals surface area contributed by atoms with Crippen LogP contribution in [0.15, 0.2) is 0 Å². The Bertz CT molecular complexity index is 1840. The molecule has 19 heteroatoms. The van der Waals surface area contributed by atoms with Gasteiger partial charge in [-0.2, -0.15) is 0 Å². The molecule has 0 amide bonds. The smallest absolute Gasteiger partial charge is 0.462 e. The van der Waals surface area contributed by atoms with Gasteiger partial charge in [0.05, 0.1) is 26.4 Å². The molecule has 558 valence electrons. The zero-order chi connectivity index (χ0) is 69.4. The Morgan fingerprint density at radius 1 is 0.309 bits per heavy atom. The van der Waals surface area contributed by atoms with Gasteiger partial charge in [-0.3, -0.25) is 37.3 Å². The lowest BCUT2D eigenvalue weighted by Crippen LogP contribution is -2.30. The summed E-state index contributed by atoms with van der Waals surface area (Å²) in [6, 6.07) is 0. The van der Waals surface area contributed by atoms with Crippen LogP contribution in [0.1, 0.15) is 382 Å². The molecule has 17 nitrogen and oxygen atoms in total. The molecule has 0 aromatic heterocycles. The Kier molecular flexibility index (Phi) is 64.3. The van der Waals surface area contributed by atoms with Gasteiger partial charge in [0.15, 0.2) is 12.2 Å². The highest BCUT2D eigenvalue weighted by atomic mass is 31.2. The van der Waals surface area contributed by atoms with E-state index in [1.807, 2.05) is 0 Å². The van der Waals surface area contributed by atoms with Crippen LogP contribution in [0.3, 0.4) is 0 Å². The zero-order valence-corrected chi connectivity index (χ0v) is 63.2. The van der Waals surface area contributed by atoms with Crippen molar-refractivity contribution in [2.75, 3.05) is 39.6 Å². The minimum absolute atomic E-state index is 0.104. The Hall–Kier alpha value is -1.94. The number of carbonyl (C=O) groups excluding carboxylic acids is 4. The van der Waals surface area contributed by atoms with Crippen molar-refractivity contribution in [1.29, 1.82) is 0 Å². The number of carbonyl (C=O) groups is 4. The molecule has 0 fully saturated rings. The van der Waals surface area contributed by atoms with Crippen LogP contribution in [0.25, 0.3) is 0 Å². The van der Waals surface area contributed by atoms with Gasteiger partial charge in [-0.15, -0.1) is 0 Å². The maximum atomic E-state index is 13.1. The Morgan fingerprint density at radius 2 is 0.543 bits per heavy atom. The van der Waals surface area contributed by atoms with E-state index in [1.165, 1.54) is 186 Å². The molecule has 0 aliphatic carbocycles. The van der Waals surface area contributed by atoms with Gasteiger partial charge < -0.3 is 33.8 Å². The molecular weight excluding hydrogens is 1230 g/mol. The minimum Gasteiger partial charge on any atom is -0.462 e. The third-order valence-electron chi connectivity index (χ3n) is 17.7. The lowest BCUT2D eigenvalue weighted by molar-refractivity contribution is -0.161. The van der Waals surface area contributed by atoms with Crippen LogP contribution >= 0.6 is 15.6 Å². The molecule has 0 bridgehead atoms. The van der Waals surface area contributed by atoms with Gasteiger partial charge in [0.2, 0.25) is 0 Å². The van der Waals surface area contributed by atoms with Gasteiger partial charge in [-0.05, 0) is 43.4 Å². The van der Waals surface area contributed by atoms with Gasteiger partial charge in [-0.1, -0.05) is 331 Å². The van der Waals surface area contributed by atoms with E-state index in [1.54, 1.807) is 0 Å². The predicted molar refractivity (Wildman–Crippen MR) is 381 cm³/mol. The van der Waals surface area contributed by atoms with E-state index in [9.17, 15) is 43.2 Å². The van der Waals surface area contributed by atoms with Gasteiger partial charge in [0.25, 0.3) is 0 Å². The van der Waals surface area contributed by atoms with Gasteiger partial charge in [0, 0.05) is 25.7 Å². The topological polar surface area (TPSA) is 237 Å². The molecule has 0 spiro atoms. The number of unbranched alkanes of at least 4 members (excludes halogenated alkanes) is 40. The third-order valence-corrected chi connectivity index (χ3v) is 19.6. The molecule has 0 aromatic rings. The lowest BCUT2D eigenvalue weighted by atomic mass is 9.99. The summed E-state index contributed by atoms with van der Waals surface area (Å²) >= 11 is 0. The maximum Gasteiger partial charge on any atom is 0.472 e. The highest BCUT2D eigenvalue weighted by Crippen LogP contribution is 2.45. The van der Waals surface area contributed by atoms with Gasteiger partial charge >= 0.3 is 39.5 Å². The van der Waals surface area contributed by atoms with E-state index in [4.69, 9.17) is 37.0 Å². The van der Waals surface area contributed by atoms with E-state index in [0.29, 0.717) is 31.6 Å². The molecule has 0 saturated carbocycles. The third kappa shape index (κ3) is 67.3. The molecule has 3 N–H and O–H groups in total. The molecule has 94 heavy (non-hydrogen) atoms. The van der Waals surface area contributed by atoms with Crippen molar-refractivity contribution in [1.82, 2.24) is 0 Å². The SMILES string of the molecule is CCCCCCCCCCCCCCCCCC(=O)OC[C@H](COP(=O)(O)OC[C@@H](O)COP(=O)(O)OC[C@@H](COC(=O)CCCCCCCCCC(C)C)OC(=O)CCCCCCCCCCC(C)CC)OC(=O)CCCCCCCCCCCCCCCCC(C)C. The van der Waals surface area contributed by atoms with E-state index >= 15 is 0 Å². The number of esters is 4. The van der Waals surface area contributed by atoms with Crippen LogP contribution in [-0.4, -0.2) is 96.7 Å². The average molecular weight is 1380 g/mol. The van der Waals surface area contributed by atoms with Gasteiger partial charge in [-0.25, -0.2) is 9.13 Å². The van der Waals surface area contributed by atoms with E-state index in [0.717, 1.165) is 108 Å². The largest absolute Gasteiger partial charge is 0.472 e. The number of ether oxygens (including phenoxy) is 4. The quantitative estimate of drug-likeness (QED) is 0.0222. The lowest BCUT2D eigenvalue weighted by Gasteiger charge is -2.21. The molecular formula is C75H146O17P2. The predicted octanol–water partition coefficient (Wildman–Crippen LogP) is 21.8. The fourth-order valence-corrected chi connectivity index (χ4v) is 13.0. The molecule has 0 aromatic carbocycles. The van der Waals surface area contributed by atoms with Crippen LogP contribution in [0, 0.1) is 17.8 Å². The average Bonchev–Trinajstić information content (AvgIpc) is 1.63. The van der Waals surface area contributed by atoms with Crippen LogP contribution in [-0.2, 0) is 65.4 Å². The summed E-state index contributed by atoms with van der Waals surface area (Å²) in [4.78, 5) is 72.8. The summed E-state index contributed by atoms with van der Waals surface area (Å²) < 4.78 is 68.5. The van der Waals surface area contributed by atoms with E-state index in [2.05, 4.69) is 48.5 Å². The first kappa shape index (κ1) is 92.1.